The zero-order valence-electron chi connectivity index (χ0n) is 17.6. The van der Waals surface area contributed by atoms with E-state index in [-0.39, 0.29) is 39.4 Å². The van der Waals surface area contributed by atoms with Gasteiger partial charge < -0.3 is 19.3 Å². The van der Waals surface area contributed by atoms with Crippen molar-refractivity contribution in [1.29, 1.82) is 0 Å². The zero-order valence-corrected chi connectivity index (χ0v) is 20.6. The first kappa shape index (κ1) is 28.3. The molecule has 0 atom stereocenters. The highest BCUT2D eigenvalue weighted by atomic mass is 35.5. The van der Waals surface area contributed by atoms with Gasteiger partial charge in [-0.2, -0.15) is 0 Å². The molecule has 1 rings (SSSR count). The van der Waals surface area contributed by atoms with Gasteiger partial charge in [-0.15, -0.1) is 0 Å². The third-order valence-electron chi connectivity index (χ3n) is 4.10. The summed E-state index contributed by atoms with van der Waals surface area (Å²) in [6.07, 6.45) is 0. The lowest BCUT2D eigenvalue weighted by Gasteiger charge is -2.24. The first-order chi connectivity index (χ1) is 15.0. The van der Waals surface area contributed by atoms with E-state index in [0.29, 0.717) is 0 Å². The smallest absolute Gasteiger partial charge is 0.302 e. The molecule has 0 fully saturated rings. The minimum Gasteiger partial charge on any atom is -0.464 e. The van der Waals surface area contributed by atoms with Gasteiger partial charge in [0.25, 0.3) is 11.8 Å². The Hall–Kier alpha value is -1.74. The maximum Gasteiger partial charge on any atom is 0.302 e. The number of hydrogen-bond acceptors (Lipinski definition) is 6. The van der Waals surface area contributed by atoms with E-state index in [1.165, 1.54) is 23.6 Å². The molecule has 32 heavy (non-hydrogen) atoms. The van der Waals surface area contributed by atoms with Crippen LogP contribution in [-0.2, 0) is 41.7 Å². The van der Waals surface area contributed by atoms with Crippen molar-refractivity contribution in [2.45, 2.75) is 36.6 Å². The van der Waals surface area contributed by atoms with Crippen molar-refractivity contribution >= 4 is 70.2 Å². The number of rotatable bonds is 12. The number of esters is 2. The molecule has 8 nitrogen and oxygen atoms in total. The van der Waals surface area contributed by atoms with Crippen LogP contribution < -0.4 is 0 Å². The van der Waals surface area contributed by atoms with E-state index < -0.39 is 33.4 Å². The van der Waals surface area contributed by atoms with Crippen LogP contribution in [0.5, 0.6) is 0 Å². The molecular formula is C20H24Cl4N2O6. The van der Waals surface area contributed by atoms with Gasteiger partial charge in [0.1, 0.15) is 13.2 Å². The van der Waals surface area contributed by atoms with Gasteiger partial charge in [0.15, 0.2) is 9.67 Å². The molecule has 0 aliphatic carbocycles. The van der Waals surface area contributed by atoms with Gasteiger partial charge in [0.05, 0.1) is 13.1 Å². The van der Waals surface area contributed by atoms with E-state index in [2.05, 4.69) is 0 Å². The second-order valence-electron chi connectivity index (χ2n) is 6.62. The molecule has 0 unspecified atom stereocenters. The van der Waals surface area contributed by atoms with Crippen LogP contribution in [0.4, 0.5) is 0 Å². The topological polar surface area (TPSA) is 93.2 Å². The molecule has 12 heteroatoms. The molecule has 0 N–H and O–H groups in total. The van der Waals surface area contributed by atoms with Gasteiger partial charge in [0, 0.05) is 26.9 Å². The van der Waals surface area contributed by atoms with Crippen molar-refractivity contribution in [1.82, 2.24) is 9.80 Å². The van der Waals surface area contributed by atoms with Gasteiger partial charge in [-0.25, -0.2) is 0 Å². The number of carbonyl (C=O) groups excluding carboxylic acids is 4. The molecule has 0 spiro atoms. The highest BCUT2D eigenvalue weighted by Gasteiger charge is 2.22. The maximum absolute atomic E-state index is 12.2. The third-order valence-corrected chi connectivity index (χ3v) is 4.85. The number of amides is 2. The Morgan fingerprint density at radius 2 is 1.03 bits per heavy atom. The lowest BCUT2D eigenvalue weighted by molar-refractivity contribution is -0.143. The molecule has 0 saturated carbocycles. The molecule has 0 radical (unpaired) electrons. The van der Waals surface area contributed by atoms with E-state index in [9.17, 15) is 19.2 Å². The van der Waals surface area contributed by atoms with Crippen molar-refractivity contribution in [3.05, 3.63) is 35.4 Å². The predicted molar refractivity (Wildman–Crippen MR) is 122 cm³/mol. The second kappa shape index (κ2) is 14.4. The summed E-state index contributed by atoms with van der Waals surface area (Å²) in [6, 6.07) is 7.08. The Labute approximate surface area is 206 Å². The quantitative estimate of drug-likeness (QED) is 0.305. The van der Waals surface area contributed by atoms with Crippen LogP contribution in [0.15, 0.2) is 24.3 Å². The Balaban J connectivity index is 2.83. The number of halogens is 4. The Morgan fingerprint density at radius 1 is 0.719 bits per heavy atom. The minimum absolute atomic E-state index is 0.0110. The summed E-state index contributed by atoms with van der Waals surface area (Å²) in [6.45, 7) is 3.20. The fourth-order valence-corrected chi connectivity index (χ4v) is 3.15. The van der Waals surface area contributed by atoms with Crippen molar-refractivity contribution in [2.24, 2.45) is 0 Å². The predicted octanol–water partition coefficient (Wildman–Crippen LogP) is 3.08. The lowest BCUT2D eigenvalue weighted by atomic mass is 10.1. The molecule has 0 aliphatic heterocycles. The second-order valence-corrected chi connectivity index (χ2v) is 8.81. The maximum atomic E-state index is 12.2. The normalized spacial score (nSPS) is 10.8. The van der Waals surface area contributed by atoms with Crippen LogP contribution >= 0.6 is 46.4 Å². The van der Waals surface area contributed by atoms with Crippen LogP contribution in [0.2, 0.25) is 0 Å². The lowest BCUT2D eigenvalue weighted by Crippen LogP contribution is -2.37. The van der Waals surface area contributed by atoms with Crippen molar-refractivity contribution in [3.63, 3.8) is 0 Å². The third kappa shape index (κ3) is 10.7. The standard InChI is InChI=1S/C20H24Cl4N2O6/c1-13(27)31-9-7-25(19(29)17(21)22)11-15-3-5-16(6-4-15)12-26(20(30)18(23)24)8-10-32-14(2)28/h3-6,17-18H,7-12H2,1-2H3. The van der Waals surface area contributed by atoms with Crippen molar-refractivity contribution in [2.75, 3.05) is 26.3 Å². The molecule has 0 heterocycles. The van der Waals surface area contributed by atoms with Gasteiger partial charge in [0.2, 0.25) is 0 Å². The summed E-state index contributed by atoms with van der Waals surface area (Å²) in [5, 5.41) is 0. The molecule has 1 aromatic rings. The summed E-state index contributed by atoms with van der Waals surface area (Å²) >= 11 is 22.8. The SMILES string of the molecule is CC(=O)OCCN(Cc1ccc(CN(CCOC(C)=O)C(=O)C(Cl)Cl)cc1)C(=O)C(Cl)Cl. The van der Waals surface area contributed by atoms with Gasteiger partial charge in [-0.05, 0) is 11.1 Å². The van der Waals surface area contributed by atoms with E-state index >= 15 is 0 Å². The van der Waals surface area contributed by atoms with Crippen LogP contribution in [0.3, 0.4) is 0 Å². The summed E-state index contributed by atoms with van der Waals surface area (Å²) in [7, 11) is 0. The minimum atomic E-state index is -1.25. The molecule has 0 bridgehead atoms. The molecule has 0 saturated heterocycles. The highest BCUT2D eigenvalue weighted by Crippen LogP contribution is 2.15. The highest BCUT2D eigenvalue weighted by molar-refractivity contribution is 6.53. The number of ether oxygens (including phenoxy) is 2. The Kier molecular flexibility index (Phi) is 12.7. The first-order valence-corrected chi connectivity index (χ1v) is 11.2. The summed E-state index contributed by atoms with van der Waals surface area (Å²) in [4.78, 5) is 46.6. The van der Waals surface area contributed by atoms with Crippen LogP contribution in [0.25, 0.3) is 0 Å². The van der Waals surface area contributed by atoms with Crippen molar-refractivity contribution < 1.29 is 28.7 Å². The summed E-state index contributed by atoms with van der Waals surface area (Å²) < 4.78 is 9.76. The van der Waals surface area contributed by atoms with Crippen LogP contribution in [-0.4, -0.2) is 69.5 Å². The molecule has 0 aromatic heterocycles. The fourth-order valence-electron chi connectivity index (χ4n) is 2.60. The number of hydrogen-bond donors (Lipinski definition) is 0. The Bertz CT molecular complexity index is 724. The molecule has 178 valence electrons. The number of alkyl halides is 4. The summed E-state index contributed by atoms with van der Waals surface area (Å²) in [5.74, 6) is -1.94. The molecule has 2 amide bonds. The number of carbonyl (C=O) groups is 4. The fraction of sp³-hybridized carbons (Fsp3) is 0.500. The van der Waals surface area contributed by atoms with E-state index in [1.54, 1.807) is 24.3 Å². The van der Waals surface area contributed by atoms with Crippen LogP contribution in [0, 0.1) is 0 Å². The number of nitrogens with zero attached hydrogens (tertiary/aromatic N) is 2. The van der Waals surface area contributed by atoms with E-state index in [0.717, 1.165) is 11.1 Å². The number of benzene rings is 1. The van der Waals surface area contributed by atoms with Gasteiger partial charge >= 0.3 is 11.9 Å². The monoisotopic (exact) mass is 528 g/mol. The first-order valence-electron chi connectivity index (χ1n) is 9.49. The summed E-state index contributed by atoms with van der Waals surface area (Å²) in [5.41, 5.74) is 1.54. The molecule has 1 aromatic carbocycles. The van der Waals surface area contributed by atoms with E-state index in [4.69, 9.17) is 55.9 Å². The van der Waals surface area contributed by atoms with E-state index in [1.807, 2.05) is 0 Å². The molecular weight excluding hydrogens is 506 g/mol. The average Bonchev–Trinajstić information content (AvgIpc) is 2.71. The Morgan fingerprint density at radius 3 is 1.28 bits per heavy atom. The van der Waals surface area contributed by atoms with Gasteiger partial charge in [-0.1, -0.05) is 70.7 Å². The molecule has 0 aliphatic rings. The average molecular weight is 530 g/mol. The largest absolute Gasteiger partial charge is 0.464 e. The van der Waals surface area contributed by atoms with Crippen LogP contribution in [0.1, 0.15) is 25.0 Å². The zero-order chi connectivity index (χ0) is 24.3. The van der Waals surface area contributed by atoms with Crippen molar-refractivity contribution in [3.8, 4) is 0 Å². The van der Waals surface area contributed by atoms with Gasteiger partial charge in [-0.3, -0.25) is 19.2 Å².